The summed E-state index contributed by atoms with van der Waals surface area (Å²) in [5.41, 5.74) is -0.326. The molecular formula is C20H17F2NO7S. The Morgan fingerprint density at radius 2 is 1.84 bits per heavy atom. The molecule has 8 nitrogen and oxygen atoms in total. The van der Waals surface area contributed by atoms with Crippen LogP contribution in [0.1, 0.15) is 17.3 Å². The fraction of sp³-hybridized carbons (Fsp3) is 0.200. The van der Waals surface area contributed by atoms with E-state index in [4.69, 9.17) is 4.74 Å². The summed E-state index contributed by atoms with van der Waals surface area (Å²) in [7, 11) is 1.12. The van der Waals surface area contributed by atoms with Crippen LogP contribution in [-0.4, -0.2) is 47.2 Å². The molecule has 1 unspecified atom stereocenters. The van der Waals surface area contributed by atoms with E-state index >= 15 is 0 Å². The number of thioether (sulfide) groups is 1. The van der Waals surface area contributed by atoms with Gasteiger partial charge in [0.05, 0.1) is 7.11 Å². The van der Waals surface area contributed by atoms with Crippen LogP contribution >= 0.6 is 11.8 Å². The van der Waals surface area contributed by atoms with Gasteiger partial charge in [-0.05, 0) is 41.6 Å². The number of halogens is 2. The molecule has 2 rings (SSSR count). The van der Waals surface area contributed by atoms with Gasteiger partial charge in [-0.25, -0.2) is 23.2 Å². The van der Waals surface area contributed by atoms with E-state index in [9.17, 15) is 33.1 Å². The summed E-state index contributed by atoms with van der Waals surface area (Å²) in [6.07, 6.45) is 0. The minimum atomic E-state index is -1.44. The Hall–Kier alpha value is -3.47. The maximum absolute atomic E-state index is 14.0. The molecule has 0 fully saturated rings. The Bertz CT molecular complexity index is 1030. The second kappa shape index (κ2) is 10.5. The standard InChI is InChI=1S/C20H17F2NO7S/c1-10(24)23-16(19(27)29-2)9-31-20(28)30-17-6-3-11(7-14(17)18(25)26)13-5-4-12(21)8-15(13)22/h3-8,16H,9H2,1-2H3,(H,23,24)(H,25,26). The van der Waals surface area contributed by atoms with Crippen LogP contribution in [0.2, 0.25) is 0 Å². The molecule has 1 atom stereocenters. The van der Waals surface area contributed by atoms with Crippen LogP contribution in [0.3, 0.4) is 0 Å². The van der Waals surface area contributed by atoms with Crippen LogP contribution in [0.15, 0.2) is 36.4 Å². The summed E-state index contributed by atoms with van der Waals surface area (Å²) >= 11 is 0.519. The highest BCUT2D eigenvalue weighted by Crippen LogP contribution is 2.30. The van der Waals surface area contributed by atoms with Crippen molar-refractivity contribution in [1.29, 1.82) is 0 Å². The third kappa shape index (κ3) is 6.51. The first-order valence-corrected chi connectivity index (χ1v) is 9.63. The molecule has 11 heteroatoms. The number of carboxylic acids is 1. The second-order valence-corrected chi connectivity index (χ2v) is 7.03. The molecule has 0 heterocycles. The number of ether oxygens (including phenoxy) is 2. The number of hydrogen-bond acceptors (Lipinski definition) is 7. The van der Waals surface area contributed by atoms with Crippen molar-refractivity contribution in [2.24, 2.45) is 0 Å². The van der Waals surface area contributed by atoms with Crippen molar-refractivity contribution in [3.05, 3.63) is 53.6 Å². The average molecular weight is 453 g/mol. The Morgan fingerprint density at radius 3 is 2.42 bits per heavy atom. The van der Waals surface area contributed by atoms with Gasteiger partial charge in [0.2, 0.25) is 5.91 Å². The van der Waals surface area contributed by atoms with Crippen LogP contribution in [-0.2, 0) is 14.3 Å². The van der Waals surface area contributed by atoms with Gasteiger partial charge in [-0.2, -0.15) is 0 Å². The summed E-state index contributed by atoms with van der Waals surface area (Å²) in [5.74, 6) is -4.93. The minimum Gasteiger partial charge on any atom is -0.478 e. The molecule has 0 aliphatic rings. The number of hydrogen-bond donors (Lipinski definition) is 2. The zero-order valence-corrected chi connectivity index (χ0v) is 17.1. The summed E-state index contributed by atoms with van der Waals surface area (Å²) in [5, 5.41) is 10.8. The largest absolute Gasteiger partial charge is 0.478 e. The van der Waals surface area contributed by atoms with Gasteiger partial charge in [0.25, 0.3) is 0 Å². The second-order valence-electron chi connectivity index (χ2n) is 6.08. The Kier molecular flexibility index (Phi) is 8.08. The van der Waals surface area contributed by atoms with Crippen LogP contribution in [0.4, 0.5) is 13.6 Å². The highest BCUT2D eigenvalue weighted by Gasteiger charge is 2.23. The molecular weight excluding hydrogens is 436 g/mol. The minimum absolute atomic E-state index is 0.0348. The van der Waals surface area contributed by atoms with Gasteiger partial charge in [-0.3, -0.25) is 4.79 Å². The zero-order valence-electron chi connectivity index (χ0n) is 16.3. The fourth-order valence-electron chi connectivity index (χ4n) is 2.50. The third-order valence-corrected chi connectivity index (χ3v) is 4.70. The van der Waals surface area contributed by atoms with E-state index in [1.54, 1.807) is 0 Å². The smallest absolute Gasteiger partial charge is 0.372 e. The lowest BCUT2D eigenvalue weighted by atomic mass is 10.0. The molecule has 0 aliphatic carbocycles. The molecule has 31 heavy (non-hydrogen) atoms. The quantitative estimate of drug-likeness (QED) is 0.614. The van der Waals surface area contributed by atoms with Crippen LogP contribution in [0, 0.1) is 11.6 Å². The normalized spacial score (nSPS) is 11.4. The number of carbonyl (C=O) groups is 4. The van der Waals surface area contributed by atoms with Crippen molar-refractivity contribution in [2.75, 3.05) is 12.9 Å². The Balaban J connectivity index is 2.18. The maximum Gasteiger partial charge on any atom is 0.372 e. The van der Waals surface area contributed by atoms with E-state index in [0.29, 0.717) is 17.8 Å². The van der Waals surface area contributed by atoms with Gasteiger partial charge >= 0.3 is 17.2 Å². The molecule has 1 amide bonds. The zero-order chi connectivity index (χ0) is 23.1. The molecule has 0 aromatic heterocycles. The van der Waals surface area contributed by atoms with Crippen LogP contribution in [0.5, 0.6) is 5.75 Å². The molecule has 0 aliphatic heterocycles. The van der Waals surface area contributed by atoms with Gasteiger partial charge in [-0.15, -0.1) is 0 Å². The van der Waals surface area contributed by atoms with E-state index < -0.39 is 46.4 Å². The van der Waals surface area contributed by atoms with Gasteiger partial charge < -0.3 is 19.9 Å². The van der Waals surface area contributed by atoms with E-state index in [0.717, 1.165) is 31.4 Å². The van der Waals surface area contributed by atoms with Crippen LogP contribution in [0.25, 0.3) is 11.1 Å². The lowest BCUT2D eigenvalue weighted by molar-refractivity contribution is -0.144. The summed E-state index contributed by atoms with van der Waals surface area (Å²) < 4.78 is 36.7. The number of esters is 1. The molecule has 2 aromatic carbocycles. The van der Waals surface area contributed by atoms with E-state index in [1.807, 2.05) is 0 Å². The van der Waals surface area contributed by atoms with Crippen molar-refractivity contribution >= 4 is 34.9 Å². The highest BCUT2D eigenvalue weighted by molar-refractivity contribution is 8.13. The van der Waals surface area contributed by atoms with Crippen molar-refractivity contribution < 1.29 is 42.5 Å². The Labute approximate surface area is 179 Å². The number of aromatic carboxylic acids is 1. The van der Waals surface area contributed by atoms with Crippen molar-refractivity contribution in [2.45, 2.75) is 13.0 Å². The molecule has 2 N–H and O–H groups in total. The van der Waals surface area contributed by atoms with Gasteiger partial charge in [-0.1, -0.05) is 6.07 Å². The van der Waals surface area contributed by atoms with Crippen molar-refractivity contribution in [1.82, 2.24) is 5.32 Å². The summed E-state index contributed by atoms with van der Waals surface area (Å²) in [4.78, 5) is 46.5. The van der Waals surface area contributed by atoms with Crippen LogP contribution < -0.4 is 10.1 Å². The van der Waals surface area contributed by atoms with Gasteiger partial charge in [0.1, 0.15) is 29.0 Å². The van der Waals surface area contributed by atoms with Gasteiger partial charge in [0.15, 0.2) is 0 Å². The lowest BCUT2D eigenvalue weighted by Crippen LogP contribution is -2.42. The maximum atomic E-state index is 14.0. The predicted octanol–water partition coefficient (Wildman–Crippen LogP) is 3.24. The molecule has 0 saturated heterocycles. The first kappa shape index (κ1) is 23.8. The topological polar surface area (TPSA) is 119 Å². The monoisotopic (exact) mass is 453 g/mol. The number of carboxylic acid groups (broad SMARTS) is 1. The molecule has 0 radical (unpaired) electrons. The molecule has 2 aromatic rings. The number of rotatable bonds is 7. The number of benzene rings is 2. The number of carbonyl (C=O) groups excluding carboxylic acids is 3. The number of methoxy groups -OCH3 is 1. The fourth-order valence-corrected chi connectivity index (χ4v) is 3.17. The average Bonchev–Trinajstić information content (AvgIpc) is 2.70. The first-order chi connectivity index (χ1) is 14.6. The lowest BCUT2D eigenvalue weighted by Gasteiger charge is -2.15. The SMILES string of the molecule is COC(=O)C(CSC(=O)Oc1ccc(-c2ccc(F)cc2F)cc1C(=O)O)NC(C)=O. The first-order valence-electron chi connectivity index (χ1n) is 8.64. The highest BCUT2D eigenvalue weighted by atomic mass is 32.2. The molecule has 0 spiro atoms. The van der Waals surface area contributed by atoms with E-state index in [2.05, 4.69) is 10.1 Å². The Morgan fingerprint density at radius 1 is 1.13 bits per heavy atom. The summed E-state index contributed by atoms with van der Waals surface area (Å²) in [6, 6.07) is 5.28. The number of nitrogens with one attached hydrogen (secondary N) is 1. The molecule has 0 bridgehead atoms. The number of amides is 1. The van der Waals surface area contributed by atoms with E-state index in [-0.39, 0.29) is 22.6 Å². The third-order valence-electron chi connectivity index (χ3n) is 3.88. The van der Waals surface area contributed by atoms with Crippen molar-refractivity contribution in [3.8, 4) is 16.9 Å². The predicted molar refractivity (Wildman–Crippen MR) is 107 cm³/mol. The summed E-state index contributed by atoms with van der Waals surface area (Å²) in [6.45, 7) is 1.18. The molecule has 0 saturated carbocycles. The molecule has 164 valence electrons. The van der Waals surface area contributed by atoms with Gasteiger partial charge in [0, 0.05) is 24.3 Å². The van der Waals surface area contributed by atoms with Crippen molar-refractivity contribution in [3.63, 3.8) is 0 Å². The van der Waals surface area contributed by atoms with E-state index in [1.165, 1.54) is 13.0 Å².